The van der Waals surface area contributed by atoms with Crippen molar-refractivity contribution in [3.8, 4) is 0 Å². The first-order valence-corrected chi connectivity index (χ1v) is 7.77. The second kappa shape index (κ2) is 7.25. The van der Waals surface area contributed by atoms with Crippen LogP contribution in [0, 0.1) is 5.92 Å². The van der Waals surface area contributed by atoms with Crippen LogP contribution in [0.1, 0.15) is 45.4 Å². The van der Waals surface area contributed by atoms with E-state index in [9.17, 15) is 4.79 Å². The van der Waals surface area contributed by atoms with Crippen molar-refractivity contribution in [2.24, 2.45) is 5.92 Å². The number of hydrogen-bond acceptors (Lipinski definition) is 3. The fourth-order valence-corrected chi connectivity index (χ4v) is 3.28. The smallest absolute Gasteiger partial charge is 0.222 e. The van der Waals surface area contributed by atoms with E-state index in [-0.39, 0.29) is 0 Å². The molecule has 19 heavy (non-hydrogen) atoms. The Labute approximate surface area is 116 Å². The van der Waals surface area contributed by atoms with Crippen LogP contribution in [0.2, 0.25) is 0 Å². The number of piperidine rings is 1. The zero-order chi connectivity index (χ0) is 13.7. The molecule has 2 rings (SSSR count). The summed E-state index contributed by atoms with van der Waals surface area (Å²) < 4.78 is 5.69. The SMILES string of the molecule is CNC1CCN(C(=O)CCC2CCCCO2)CC1C. The summed E-state index contributed by atoms with van der Waals surface area (Å²) in [6.07, 6.45) is 6.52. The largest absolute Gasteiger partial charge is 0.378 e. The highest BCUT2D eigenvalue weighted by Gasteiger charge is 2.27. The molecule has 0 aromatic heterocycles. The fourth-order valence-electron chi connectivity index (χ4n) is 3.28. The van der Waals surface area contributed by atoms with Gasteiger partial charge in [-0.05, 0) is 45.1 Å². The van der Waals surface area contributed by atoms with E-state index in [2.05, 4.69) is 12.2 Å². The van der Waals surface area contributed by atoms with Gasteiger partial charge in [-0.25, -0.2) is 0 Å². The number of hydrogen-bond donors (Lipinski definition) is 1. The molecule has 0 bridgehead atoms. The van der Waals surface area contributed by atoms with Crippen LogP contribution in [0.15, 0.2) is 0 Å². The Kier molecular flexibility index (Phi) is 5.64. The molecule has 1 N–H and O–H groups in total. The first kappa shape index (κ1) is 14.8. The number of carbonyl (C=O) groups is 1. The van der Waals surface area contributed by atoms with Crippen LogP contribution in [0.5, 0.6) is 0 Å². The molecule has 4 nitrogen and oxygen atoms in total. The number of rotatable bonds is 4. The Hall–Kier alpha value is -0.610. The van der Waals surface area contributed by atoms with E-state index < -0.39 is 0 Å². The summed E-state index contributed by atoms with van der Waals surface area (Å²) in [5.41, 5.74) is 0. The van der Waals surface area contributed by atoms with E-state index in [1.54, 1.807) is 0 Å². The van der Waals surface area contributed by atoms with Gasteiger partial charge in [0.2, 0.25) is 5.91 Å². The van der Waals surface area contributed by atoms with E-state index in [1.807, 2.05) is 11.9 Å². The maximum absolute atomic E-state index is 12.2. The van der Waals surface area contributed by atoms with Crippen LogP contribution in [0.3, 0.4) is 0 Å². The monoisotopic (exact) mass is 268 g/mol. The Morgan fingerprint density at radius 1 is 1.37 bits per heavy atom. The molecule has 2 aliphatic heterocycles. The number of carbonyl (C=O) groups excluding carboxylic acids is 1. The van der Waals surface area contributed by atoms with E-state index in [4.69, 9.17) is 4.74 Å². The lowest BCUT2D eigenvalue weighted by Crippen LogP contribution is -2.49. The molecule has 2 saturated heterocycles. The second-order valence-electron chi connectivity index (χ2n) is 6.03. The van der Waals surface area contributed by atoms with E-state index in [1.165, 1.54) is 12.8 Å². The summed E-state index contributed by atoms with van der Waals surface area (Å²) in [5.74, 6) is 0.865. The number of nitrogens with zero attached hydrogens (tertiary/aromatic N) is 1. The van der Waals surface area contributed by atoms with Gasteiger partial charge in [0, 0.05) is 32.2 Å². The molecule has 0 radical (unpaired) electrons. The molecule has 0 aromatic rings. The standard InChI is InChI=1S/C15H28N2O2/c1-12-11-17(9-8-14(12)16-2)15(18)7-6-13-5-3-4-10-19-13/h12-14,16H,3-11H2,1-2H3. The average Bonchev–Trinajstić information content (AvgIpc) is 2.45. The minimum atomic E-state index is 0.315. The second-order valence-corrected chi connectivity index (χ2v) is 6.03. The van der Waals surface area contributed by atoms with Crippen LogP contribution < -0.4 is 5.32 Å². The number of amides is 1. The lowest BCUT2D eigenvalue weighted by Gasteiger charge is -2.37. The normalized spacial score (nSPS) is 32.3. The summed E-state index contributed by atoms with van der Waals surface area (Å²) in [5, 5.41) is 3.34. The molecule has 2 heterocycles. The zero-order valence-electron chi connectivity index (χ0n) is 12.4. The summed E-state index contributed by atoms with van der Waals surface area (Å²) in [4.78, 5) is 14.3. The molecule has 0 spiro atoms. The van der Waals surface area contributed by atoms with Crippen molar-refractivity contribution < 1.29 is 9.53 Å². The number of ether oxygens (including phenoxy) is 1. The van der Waals surface area contributed by atoms with Gasteiger partial charge in [-0.15, -0.1) is 0 Å². The van der Waals surface area contributed by atoms with Gasteiger partial charge in [-0.3, -0.25) is 4.79 Å². The van der Waals surface area contributed by atoms with Crippen molar-refractivity contribution in [3.63, 3.8) is 0 Å². The molecular weight excluding hydrogens is 240 g/mol. The van der Waals surface area contributed by atoms with Crippen LogP contribution in [-0.2, 0) is 9.53 Å². The third kappa shape index (κ3) is 4.18. The number of nitrogens with one attached hydrogen (secondary N) is 1. The highest BCUT2D eigenvalue weighted by molar-refractivity contribution is 5.76. The zero-order valence-corrected chi connectivity index (χ0v) is 12.4. The van der Waals surface area contributed by atoms with Gasteiger partial charge in [0.15, 0.2) is 0 Å². The van der Waals surface area contributed by atoms with E-state index >= 15 is 0 Å². The molecule has 110 valence electrons. The Bertz CT molecular complexity index is 290. The first-order chi connectivity index (χ1) is 9.20. The van der Waals surface area contributed by atoms with Crippen LogP contribution in [0.25, 0.3) is 0 Å². The van der Waals surface area contributed by atoms with Gasteiger partial charge in [-0.2, -0.15) is 0 Å². The molecule has 1 amide bonds. The first-order valence-electron chi connectivity index (χ1n) is 7.77. The molecular formula is C15H28N2O2. The Morgan fingerprint density at radius 3 is 2.84 bits per heavy atom. The van der Waals surface area contributed by atoms with Gasteiger partial charge in [0.1, 0.15) is 0 Å². The third-order valence-corrected chi connectivity index (χ3v) is 4.58. The maximum Gasteiger partial charge on any atom is 0.222 e. The number of likely N-dealkylation sites (tertiary alicyclic amines) is 1. The van der Waals surface area contributed by atoms with Crippen molar-refractivity contribution >= 4 is 5.91 Å². The summed E-state index contributed by atoms with van der Waals surface area (Å²) in [6, 6.07) is 0.561. The Morgan fingerprint density at radius 2 is 2.21 bits per heavy atom. The maximum atomic E-state index is 12.2. The van der Waals surface area contributed by atoms with Gasteiger partial charge in [0.05, 0.1) is 6.10 Å². The average molecular weight is 268 g/mol. The molecule has 0 aliphatic carbocycles. The van der Waals surface area contributed by atoms with Crippen molar-refractivity contribution in [2.45, 2.75) is 57.6 Å². The highest BCUT2D eigenvalue weighted by atomic mass is 16.5. The van der Waals surface area contributed by atoms with Crippen molar-refractivity contribution in [1.82, 2.24) is 10.2 Å². The van der Waals surface area contributed by atoms with Crippen molar-refractivity contribution in [3.05, 3.63) is 0 Å². The molecule has 0 aromatic carbocycles. The van der Waals surface area contributed by atoms with Crippen LogP contribution in [0.4, 0.5) is 0 Å². The van der Waals surface area contributed by atoms with Crippen LogP contribution >= 0.6 is 0 Å². The molecule has 3 atom stereocenters. The van der Waals surface area contributed by atoms with Gasteiger partial charge in [0.25, 0.3) is 0 Å². The van der Waals surface area contributed by atoms with E-state index in [0.717, 1.165) is 39.0 Å². The van der Waals surface area contributed by atoms with Gasteiger partial charge >= 0.3 is 0 Å². The lowest BCUT2D eigenvalue weighted by atomic mass is 9.93. The summed E-state index contributed by atoms with van der Waals surface area (Å²) in [6.45, 7) is 4.91. The molecule has 2 fully saturated rings. The quantitative estimate of drug-likeness (QED) is 0.845. The van der Waals surface area contributed by atoms with E-state index in [0.29, 0.717) is 30.4 Å². The highest BCUT2D eigenvalue weighted by Crippen LogP contribution is 2.20. The van der Waals surface area contributed by atoms with Crippen LogP contribution in [-0.4, -0.2) is 49.7 Å². The van der Waals surface area contributed by atoms with Crippen molar-refractivity contribution in [1.29, 1.82) is 0 Å². The van der Waals surface area contributed by atoms with Crippen molar-refractivity contribution in [2.75, 3.05) is 26.7 Å². The summed E-state index contributed by atoms with van der Waals surface area (Å²) >= 11 is 0. The predicted octanol–water partition coefficient (Wildman–Crippen LogP) is 1.79. The minimum Gasteiger partial charge on any atom is -0.378 e. The van der Waals surface area contributed by atoms with Gasteiger partial charge in [-0.1, -0.05) is 6.92 Å². The molecule has 4 heteroatoms. The molecule has 3 unspecified atom stereocenters. The summed E-state index contributed by atoms with van der Waals surface area (Å²) in [7, 11) is 2.01. The molecule has 2 aliphatic rings. The lowest BCUT2D eigenvalue weighted by molar-refractivity contribution is -0.134. The van der Waals surface area contributed by atoms with Gasteiger partial charge < -0.3 is 15.0 Å². The topological polar surface area (TPSA) is 41.6 Å². The predicted molar refractivity (Wildman–Crippen MR) is 76.0 cm³/mol. The Balaban J connectivity index is 1.71. The third-order valence-electron chi connectivity index (χ3n) is 4.58. The fraction of sp³-hybridized carbons (Fsp3) is 0.933. The minimum absolute atomic E-state index is 0.315. The molecule has 0 saturated carbocycles.